The molecule has 0 aliphatic rings. The van der Waals surface area contributed by atoms with Gasteiger partial charge in [0.05, 0.1) is 0 Å². The van der Waals surface area contributed by atoms with Crippen molar-refractivity contribution in [1.82, 2.24) is 5.43 Å². The lowest BCUT2D eigenvalue weighted by atomic mass is 10.2. The number of rotatable bonds is 5. The van der Waals surface area contributed by atoms with E-state index in [0.717, 1.165) is 17.7 Å². The first-order valence-electron chi connectivity index (χ1n) is 5.41. The molecule has 0 saturated heterocycles. The molecule has 88 valence electrons. The van der Waals surface area contributed by atoms with Crippen LogP contribution in [0.15, 0.2) is 24.3 Å². The van der Waals surface area contributed by atoms with Crippen LogP contribution < -0.4 is 16.0 Å². The molecule has 3 N–H and O–H groups in total. The number of aryl methyl sites for hydroxylation is 1. The first-order chi connectivity index (χ1) is 7.69. The molecule has 0 aromatic heterocycles. The fraction of sp³-hybridized carbons (Fsp3) is 0.417. The molecule has 1 aromatic carbocycles. The molecule has 0 spiro atoms. The Labute approximate surface area is 95.8 Å². The summed E-state index contributed by atoms with van der Waals surface area (Å²) in [6.45, 7) is 3.94. The van der Waals surface area contributed by atoms with Gasteiger partial charge in [0.2, 0.25) is 0 Å². The number of hydrogen-bond acceptors (Lipinski definition) is 3. The predicted molar refractivity (Wildman–Crippen MR) is 62.8 cm³/mol. The molecular weight excluding hydrogens is 204 g/mol. The summed E-state index contributed by atoms with van der Waals surface area (Å²) >= 11 is 0. The molecule has 1 rings (SSSR count). The van der Waals surface area contributed by atoms with E-state index in [9.17, 15) is 4.79 Å². The van der Waals surface area contributed by atoms with Gasteiger partial charge in [-0.1, -0.05) is 31.5 Å². The van der Waals surface area contributed by atoms with Crippen LogP contribution in [0.1, 0.15) is 25.3 Å². The summed E-state index contributed by atoms with van der Waals surface area (Å²) in [4.78, 5) is 11.5. The second-order valence-electron chi connectivity index (χ2n) is 3.67. The number of benzene rings is 1. The standard InChI is InChI=1S/C12H18N2O2/c1-3-6-11(12(15)14-13)16-10-8-5-4-7-9(10)2/h4-5,7-8,11H,3,6,13H2,1-2H3,(H,14,15). The Hall–Kier alpha value is -1.55. The second kappa shape index (κ2) is 6.12. The molecule has 0 aliphatic heterocycles. The van der Waals surface area contributed by atoms with Crippen LogP contribution >= 0.6 is 0 Å². The van der Waals surface area contributed by atoms with Gasteiger partial charge in [0, 0.05) is 0 Å². The topological polar surface area (TPSA) is 64.3 Å². The molecule has 0 heterocycles. The van der Waals surface area contributed by atoms with E-state index >= 15 is 0 Å². The summed E-state index contributed by atoms with van der Waals surface area (Å²) in [5.41, 5.74) is 3.13. The zero-order valence-electron chi connectivity index (χ0n) is 9.69. The number of nitrogens with one attached hydrogen (secondary N) is 1. The quantitative estimate of drug-likeness (QED) is 0.451. The smallest absolute Gasteiger partial charge is 0.274 e. The summed E-state index contributed by atoms with van der Waals surface area (Å²) in [6, 6.07) is 7.60. The number of para-hydroxylation sites is 1. The first-order valence-corrected chi connectivity index (χ1v) is 5.41. The van der Waals surface area contributed by atoms with Gasteiger partial charge in [-0.05, 0) is 25.0 Å². The van der Waals surface area contributed by atoms with E-state index in [1.807, 2.05) is 38.1 Å². The molecule has 4 heteroatoms. The van der Waals surface area contributed by atoms with Crippen molar-refractivity contribution >= 4 is 5.91 Å². The highest BCUT2D eigenvalue weighted by Gasteiger charge is 2.18. The van der Waals surface area contributed by atoms with Crippen molar-refractivity contribution in [2.45, 2.75) is 32.8 Å². The van der Waals surface area contributed by atoms with E-state index in [-0.39, 0.29) is 5.91 Å². The van der Waals surface area contributed by atoms with Crippen LogP contribution in [0.2, 0.25) is 0 Å². The minimum atomic E-state index is -0.518. The lowest BCUT2D eigenvalue weighted by Crippen LogP contribution is -2.42. The van der Waals surface area contributed by atoms with Crippen LogP contribution in [0.25, 0.3) is 0 Å². The summed E-state index contributed by atoms with van der Waals surface area (Å²) in [5.74, 6) is 5.55. The van der Waals surface area contributed by atoms with Crippen LogP contribution in [0, 0.1) is 6.92 Å². The normalized spacial score (nSPS) is 11.9. The lowest BCUT2D eigenvalue weighted by molar-refractivity contribution is -0.128. The molecule has 1 unspecified atom stereocenters. The molecule has 0 fully saturated rings. The summed E-state index contributed by atoms with van der Waals surface area (Å²) in [7, 11) is 0. The molecule has 0 radical (unpaired) electrons. The maximum absolute atomic E-state index is 11.5. The monoisotopic (exact) mass is 222 g/mol. The molecule has 4 nitrogen and oxygen atoms in total. The molecule has 1 amide bonds. The van der Waals surface area contributed by atoms with Crippen molar-refractivity contribution < 1.29 is 9.53 Å². The summed E-state index contributed by atoms with van der Waals surface area (Å²) in [5, 5.41) is 0. The minimum absolute atomic E-state index is 0.287. The van der Waals surface area contributed by atoms with Crippen molar-refractivity contribution in [2.24, 2.45) is 5.84 Å². The molecule has 16 heavy (non-hydrogen) atoms. The van der Waals surface area contributed by atoms with Gasteiger partial charge in [0.25, 0.3) is 5.91 Å². The number of hydrogen-bond donors (Lipinski definition) is 2. The van der Waals surface area contributed by atoms with Crippen LogP contribution in [-0.2, 0) is 4.79 Å². The van der Waals surface area contributed by atoms with E-state index in [1.165, 1.54) is 0 Å². The predicted octanol–water partition coefficient (Wildman–Crippen LogP) is 1.53. The largest absolute Gasteiger partial charge is 0.480 e. The number of carbonyl (C=O) groups excluding carboxylic acids is 1. The third-order valence-corrected chi connectivity index (χ3v) is 2.35. The molecule has 1 aromatic rings. The van der Waals surface area contributed by atoms with Gasteiger partial charge < -0.3 is 4.74 Å². The van der Waals surface area contributed by atoms with E-state index < -0.39 is 6.10 Å². The van der Waals surface area contributed by atoms with Crippen molar-refractivity contribution in [1.29, 1.82) is 0 Å². The second-order valence-corrected chi connectivity index (χ2v) is 3.67. The van der Waals surface area contributed by atoms with E-state index in [4.69, 9.17) is 10.6 Å². The van der Waals surface area contributed by atoms with E-state index in [1.54, 1.807) is 0 Å². The van der Waals surface area contributed by atoms with E-state index in [2.05, 4.69) is 5.43 Å². The molecule has 1 atom stereocenters. The van der Waals surface area contributed by atoms with Gasteiger partial charge in [0.15, 0.2) is 6.10 Å². The minimum Gasteiger partial charge on any atom is -0.480 e. The maximum atomic E-state index is 11.5. The van der Waals surface area contributed by atoms with Gasteiger partial charge in [-0.3, -0.25) is 10.2 Å². The molecule has 0 bridgehead atoms. The fourth-order valence-corrected chi connectivity index (χ4v) is 1.44. The van der Waals surface area contributed by atoms with Gasteiger partial charge in [-0.25, -0.2) is 5.84 Å². The zero-order chi connectivity index (χ0) is 12.0. The fourth-order valence-electron chi connectivity index (χ4n) is 1.44. The third kappa shape index (κ3) is 3.24. The van der Waals surface area contributed by atoms with Crippen molar-refractivity contribution in [3.05, 3.63) is 29.8 Å². The number of ether oxygens (including phenoxy) is 1. The van der Waals surface area contributed by atoms with Gasteiger partial charge in [-0.2, -0.15) is 0 Å². The third-order valence-electron chi connectivity index (χ3n) is 2.35. The van der Waals surface area contributed by atoms with Gasteiger partial charge >= 0.3 is 0 Å². The lowest BCUT2D eigenvalue weighted by Gasteiger charge is -2.18. The highest BCUT2D eigenvalue weighted by molar-refractivity contribution is 5.80. The van der Waals surface area contributed by atoms with Crippen LogP contribution in [0.4, 0.5) is 0 Å². The van der Waals surface area contributed by atoms with Crippen molar-refractivity contribution in [2.75, 3.05) is 0 Å². The highest BCUT2D eigenvalue weighted by Crippen LogP contribution is 2.19. The average molecular weight is 222 g/mol. The van der Waals surface area contributed by atoms with Crippen molar-refractivity contribution in [3.8, 4) is 5.75 Å². The number of amides is 1. The van der Waals surface area contributed by atoms with Crippen LogP contribution in [0.5, 0.6) is 5.75 Å². The number of hydrazine groups is 1. The van der Waals surface area contributed by atoms with Crippen LogP contribution in [0.3, 0.4) is 0 Å². The Bertz CT molecular complexity index is 353. The Morgan fingerprint density at radius 3 is 2.75 bits per heavy atom. The van der Waals surface area contributed by atoms with Gasteiger partial charge in [-0.15, -0.1) is 0 Å². The summed E-state index contributed by atoms with van der Waals surface area (Å²) in [6.07, 6.45) is 0.998. The number of nitrogens with two attached hydrogens (primary N) is 1. The Morgan fingerprint density at radius 1 is 1.50 bits per heavy atom. The highest BCUT2D eigenvalue weighted by atomic mass is 16.5. The zero-order valence-corrected chi connectivity index (χ0v) is 9.69. The Kier molecular flexibility index (Phi) is 4.79. The molecule has 0 aliphatic carbocycles. The number of carbonyl (C=O) groups is 1. The average Bonchev–Trinajstić information content (AvgIpc) is 2.30. The Balaban J connectivity index is 2.75. The molecule has 0 saturated carbocycles. The van der Waals surface area contributed by atoms with Gasteiger partial charge in [0.1, 0.15) is 5.75 Å². The Morgan fingerprint density at radius 2 is 2.19 bits per heavy atom. The molecular formula is C12H18N2O2. The van der Waals surface area contributed by atoms with E-state index in [0.29, 0.717) is 6.42 Å². The van der Waals surface area contributed by atoms with Crippen LogP contribution in [-0.4, -0.2) is 12.0 Å². The first kappa shape index (κ1) is 12.5. The maximum Gasteiger partial charge on any atom is 0.274 e. The SMILES string of the molecule is CCCC(Oc1ccccc1C)C(=O)NN. The summed E-state index contributed by atoms with van der Waals surface area (Å²) < 4.78 is 5.65. The van der Waals surface area contributed by atoms with Crippen molar-refractivity contribution in [3.63, 3.8) is 0 Å².